The lowest BCUT2D eigenvalue weighted by molar-refractivity contribution is -0.130. The number of rotatable bonds is 1. The van der Waals surface area contributed by atoms with Crippen LogP contribution in [0.2, 0.25) is 0 Å². The lowest BCUT2D eigenvalue weighted by Gasteiger charge is -2.34. The van der Waals surface area contributed by atoms with Crippen molar-refractivity contribution in [2.24, 2.45) is 0 Å². The SMILES string of the molecule is CC(=O)N1CCN(C(=O)c2ccc3nc(C)cn3c2)CC1. The number of carbonyl (C=O) groups is 2. The van der Waals surface area contributed by atoms with E-state index in [2.05, 4.69) is 4.98 Å². The number of hydrogen-bond acceptors (Lipinski definition) is 3. The highest BCUT2D eigenvalue weighted by Crippen LogP contribution is 2.12. The summed E-state index contributed by atoms with van der Waals surface area (Å²) in [5, 5.41) is 0. The minimum Gasteiger partial charge on any atom is -0.339 e. The Labute approximate surface area is 123 Å². The molecule has 6 nitrogen and oxygen atoms in total. The van der Waals surface area contributed by atoms with Crippen LogP contribution in [0.4, 0.5) is 0 Å². The first-order valence-electron chi connectivity index (χ1n) is 7.05. The van der Waals surface area contributed by atoms with Crippen LogP contribution in [0.3, 0.4) is 0 Å². The van der Waals surface area contributed by atoms with Gasteiger partial charge >= 0.3 is 0 Å². The molecule has 21 heavy (non-hydrogen) atoms. The molecule has 110 valence electrons. The Balaban J connectivity index is 1.76. The lowest BCUT2D eigenvalue weighted by Crippen LogP contribution is -2.50. The van der Waals surface area contributed by atoms with E-state index < -0.39 is 0 Å². The summed E-state index contributed by atoms with van der Waals surface area (Å²) in [5.74, 6) is 0.0730. The summed E-state index contributed by atoms with van der Waals surface area (Å²) >= 11 is 0. The zero-order chi connectivity index (χ0) is 15.0. The maximum Gasteiger partial charge on any atom is 0.255 e. The van der Waals surface area contributed by atoms with Crippen LogP contribution in [-0.4, -0.2) is 57.2 Å². The van der Waals surface area contributed by atoms with Crippen molar-refractivity contribution >= 4 is 17.5 Å². The van der Waals surface area contributed by atoms with Gasteiger partial charge in [0, 0.05) is 45.5 Å². The van der Waals surface area contributed by atoms with Gasteiger partial charge in [-0.05, 0) is 19.1 Å². The Morgan fingerprint density at radius 1 is 1.05 bits per heavy atom. The predicted octanol–water partition coefficient (Wildman–Crippen LogP) is 0.947. The average molecular weight is 286 g/mol. The molecule has 0 radical (unpaired) electrons. The normalized spacial score (nSPS) is 15.5. The first-order valence-corrected chi connectivity index (χ1v) is 7.05. The van der Waals surface area contributed by atoms with Crippen LogP contribution in [0.25, 0.3) is 5.65 Å². The van der Waals surface area contributed by atoms with Crippen LogP contribution >= 0.6 is 0 Å². The van der Waals surface area contributed by atoms with Gasteiger partial charge in [0.25, 0.3) is 5.91 Å². The number of aryl methyl sites for hydroxylation is 1. The molecular formula is C15H18N4O2. The van der Waals surface area contributed by atoms with Gasteiger partial charge in [-0.1, -0.05) is 0 Å². The molecule has 2 amide bonds. The van der Waals surface area contributed by atoms with Gasteiger partial charge in [0.2, 0.25) is 5.91 Å². The van der Waals surface area contributed by atoms with E-state index in [-0.39, 0.29) is 11.8 Å². The molecule has 3 heterocycles. The summed E-state index contributed by atoms with van der Waals surface area (Å²) in [6.07, 6.45) is 3.72. The van der Waals surface area contributed by atoms with Gasteiger partial charge in [0.1, 0.15) is 5.65 Å². The van der Waals surface area contributed by atoms with Gasteiger partial charge in [-0.2, -0.15) is 0 Å². The van der Waals surface area contributed by atoms with Gasteiger partial charge in [-0.15, -0.1) is 0 Å². The van der Waals surface area contributed by atoms with Crippen LogP contribution in [-0.2, 0) is 4.79 Å². The molecule has 2 aromatic heterocycles. The standard InChI is InChI=1S/C15H18N4O2/c1-11-9-19-10-13(3-4-14(19)16-11)15(21)18-7-5-17(6-8-18)12(2)20/h3-4,9-10H,5-8H2,1-2H3. The monoisotopic (exact) mass is 286 g/mol. The second-order valence-electron chi connectivity index (χ2n) is 5.36. The molecule has 0 N–H and O–H groups in total. The number of hydrogen-bond donors (Lipinski definition) is 0. The Kier molecular flexibility index (Phi) is 3.37. The predicted molar refractivity (Wildman–Crippen MR) is 78.1 cm³/mol. The van der Waals surface area contributed by atoms with Crippen molar-refractivity contribution in [3.63, 3.8) is 0 Å². The molecule has 1 aliphatic heterocycles. The number of nitrogens with zero attached hydrogens (tertiary/aromatic N) is 4. The minimum atomic E-state index is 0.00598. The highest BCUT2D eigenvalue weighted by atomic mass is 16.2. The largest absolute Gasteiger partial charge is 0.339 e. The highest BCUT2D eigenvalue weighted by Gasteiger charge is 2.23. The van der Waals surface area contributed by atoms with Gasteiger partial charge in [0.05, 0.1) is 11.3 Å². The number of fused-ring (bicyclic) bond motifs is 1. The summed E-state index contributed by atoms with van der Waals surface area (Å²) in [7, 11) is 0. The maximum absolute atomic E-state index is 12.5. The van der Waals surface area contributed by atoms with Crippen LogP contribution in [0.1, 0.15) is 23.0 Å². The van der Waals surface area contributed by atoms with Gasteiger partial charge in [0.15, 0.2) is 0 Å². The molecular weight excluding hydrogens is 268 g/mol. The van der Waals surface area contributed by atoms with Crippen molar-refractivity contribution < 1.29 is 9.59 Å². The van der Waals surface area contributed by atoms with Crippen molar-refractivity contribution in [1.29, 1.82) is 0 Å². The summed E-state index contributed by atoms with van der Waals surface area (Å²) < 4.78 is 1.87. The molecule has 1 fully saturated rings. The van der Waals surface area contributed by atoms with E-state index in [1.807, 2.05) is 29.8 Å². The van der Waals surface area contributed by atoms with Crippen LogP contribution in [0, 0.1) is 6.92 Å². The average Bonchev–Trinajstić information content (AvgIpc) is 2.85. The van der Waals surface area contributed by atoms with Gasteiger partial charge in [-0.3, -0.25) is 9.59 Å². The van der Waals surface area contributed by atoms with E-state index in [1.54, 1.807) is 22.8 Å². The third-order valence-electron chi connectivity index (χ3n) is 3.83. The zero-order valence-corrected chi connectivity index (χ0v) is 12.2. The van der Waals surface area contributed by atoms with Crippen molar-refractivity contribution in [2.75, 3.05) is 26.2 Å². The van der Waals surface area contributed by atoms with E-state index in [1.165, 1.54) is 0 Å². The summed E-state index contributed by atoms with van der Waals surface area (Å²) in [5.41, 5.74) is 2.41. The Hall–Kier alpha value is -2.37. The van der Waals surface area contributed by atoms with Crippen LogP contribution in [0.5, 0.6) is 0 Å². The third kappa shape index (κ3) is 2.61. The molecule has 0 aromatic carbocycles. The number of piperazine rings is 1. The van der Waals surface area contributed by atoms with Crippen molar-refractivity contribution in [3.8, 4) is 0 Å². The van der Waals surface area contributed by atoms with E-state index in [0.29, 0.717) is 31.7 Å². The van der Waals surface area contributed by atoms with Gasteiger partial charge in [-0.25, -0.2) is 4.98 Å². The number of pyridine rings is 1. The van der Waals surface area contributed by atoms with Gasteiger partial charge < -0.3 is 14.2 Å². The van der Waals surface area contributed by atoms with Crippen molar-refractivity contribution in [1.82, 2.24) is 19.2 Å². The fourth-order valence-electron chi connectivity index (χ4n) is 2.65. The lowest BCUT2D eigenvalue weighted by atomic mass is 10.2. The quantitative estimate of drug-likeness (QED) is 0.784. The summed E-state index contributed by atoms with van der Waals surface area (Å²) in [6, 6.07) is 3.66. The molecule has 0 unspecified atom stereocenters. The molecule has 3 rings (SSSR count). The van der Waals surface area contributed by atoms with Crippen LogP contribution < -0.4 is 0 Å². The summed E-state index contributed by atoms with van der Waals surface area (Å²) in [4.78, 5) is 31.7. The fraction of sp³-hybridized carbons (Fsp3) is 0.400. The number of aromatic nitrogens is 2. The van der Waals surface area contributed by atoms with Crippen molar-refractivity contribution in [2.45, 2.75) is 13.8 Å². The summed E-state index contributed by atoms with van der Waals surface area (Å²) in [6.45, 7) is 5.86. The molecule has 0 saturated carbocycles. The molecule has 1 saturated heterocycles. The molecule has 2 aromatic rings. The maximum atomic E-state index is 12.5. The molecule has 1 aliphatic rings. The Morgan fingerprint density at radius 2 is 1.71 bits per heavy atom. The Bertz CT molecular complexity index is 699. The van der Waals surface area contributed by atoms with E-state index in [9.17, 15) is 9.59 Å². The van der Waals surface area contributed by atoms with Crippen molar-refractivity contribution in [3.05, 3.63) is 35.8 Å². The van der Waals surface area contributed by atoms with E-state index in [4.69, 9.17) is 0 Å². The second kappa shape index (κ2) is 5.20. The van der Waals surface area contributed by atoms with E-state index >= 15 is 0 Å². The fourth-order valence-corrected chi connectivity index (χ4v) is 2.65. The third-order valence-corrected chi connectivity index (χ3v) is 3.83. The zero-order valence-electron chi connectivity index (χ0n) is 12.2. The molecule has 0 spiro atoms. The number of imidazole rings is 1. The first-order chi connectivity index (χ1) is 10.0. The molecule has 0 bridgehead atoms. The number of amides is 2. The van der Waals surface area contributed by atoms with E-state index in [0.717, 1.165) is 11.3 Å². The topological polar surface area (TPSA) is 57.9 Å². The van der Waals surface area contributed by atoms with Crippen LogP contribution in [0.15, 0.2) is 24.5 Å². The molecule has 0 atom stereocenters. The second-order valence-corrected chi connectivity index (χ2v) is 5.36. The smallest absolute Gasteiger partial charge is 0.255 e. The first kappa shape index (κ1) is 13.6. The number of carbonyl (C=O) groups excluding carboxylic acids is 2. The minimum absolute atomic E-state index is 0.00598. The Morgan fingerprint density at radius 3 is 2.38 bits per heavy atom. The molecule has 6 heteroatoms. The molecule has 0 aliphatic carbocycles. The highest BCUT2D eigenvalue weighted by molar-refractivity contribution is 5.94.